The number of hydrogen-bond donors (Lipinski definition) is 2. The maximum atomic E-state index is 12.6. The molecule has 1 rings (SSSR count). The summed E-state index contributed by atoms with van der Waals surface area (Å²) in [6.07, 6.45) is -2.54. The Morgan fingerprint density at radius 3 is 2.56 bits per heavy atom. The van der Waals surface area contributed by atoms with E-state index in [1.807, 2.05) is 13.2 Å². The van der Waals surface area contributed by atoms with Gasteiger partial charge in [-0.25, -0.2) is 4.98 Å². The van der Waals surface area contributed by atoms with E-state index in [1.54, 1.807) is 11.8 Å². The first kappa shape index (κ1) is 14.9. The van der Waals surface area contributed by atoms with Crippen LogP contribution in [-0.4, -0.2) is 35.1 Å². The van der Waals surface area contributed by atoms with Gasteiger partial charge in [-0.2, -0.15) is 29.9 Å². The van der Waals surface area contributed by atoms with Crippen LogP contribution in [0.4, 0.5) is 24.9 Å². The molecule has 1 aromatic heterocycles. The normalized spacial score (nSPS) is 13.2. The Hall–Kier alpha value is -1.18. The number of aromatic nitrogens is 2. The van der Waals surface area contributed by atoms with Crippen LogP contribution in [0.15, 0.2) is 6.07 Å². The lowest BCUT2D eigenvalue weighted by molar-refractivity contribution is -0.141. The van der Waals surface area contributed by atoms with Gasteiger partial charge in [-0.15, -0.1) is 0 Å². The van der Waals surface area contributed by atoms with Gasteiger partial charge in [0.25, 0.3) is 0 Å². The number of thioether (sulfide) groups is 1. The number of nitrogens with zero attached hydrogens (tertiary/aromatic N) is 2. The van der Waals surface area contributed by atoms with Crippen LogP contribution in [0.25, 0.3) is 0 Å². The zero-order valence-electron chi connectivity index (χ0n) is 10.3. The largest absolute Gasteiger partial charge is 0.433 e. The molecule has 0 radical (unpaired) electrons. The minimum absolute atomic E-state index is 0.0517. The Labute approximate surface area is 108 Å². The predicted molar refractivity (Wildman–Crippen MR) is 68.0 cm³/mol. The fraction of sp³-hybridized carbons (Fsp3) is 0.600. The van der Waals surface area contributed by atoms with Gasteiger partial charge in [0.2, 0.25) is 5.95 Å². The quantitative estimate of drug-likeness (QED) is 0.868. The van der Waals surface area contributed by atoms with Crippen molar-refractivity contribution < 1.29 is 13.2 Å². The molecule has 4 nitrogen and oxygen atoms in total. The predicted octanol–water partition coefficient (Wildman–Crippen LogP) is 2.70. The highest BCUT2D eigenvalue weighted by atomic mass is 32.2. The number of nitrogens with one attached hydrogen (secondary N) is 2. The van der Waals surface area contributed by atoms with Crippen LogP contribution in [-0.2, 0) is 6.18 Å². The Morgan fingerprint density at radius 1 is 1.39 bits per heavy atom. The molecule has 2 N–H and O–H groups in total. The monoisotopic (exact) mass is 280 g/mol. The molecule has 1 aromatic rings. The Morgan fingerprint density at radius 2 is 2.06 bits per heavy atom. The van der Waals surface area contributed by atoms with E-state index < -0.39 is 11.9 Å². The molecular weight excluding hydrogens is 265 g/mol. The van der Waals surface area contributed by atoms with E-state index >= 15 is 0 Å². The van der Waals surface area contributed by atoms with Gasteiger partial charge < -0.3 is 10.6 Å². The molecule has 0 spiro atoms. The molecule has 0 aliphatic heterocycles. The minimum Gasteiger partial charge on any atom is -0.369 e. The van der Waals surface area contributed by atoms with E-state index in [-0.39, 0.29) is 17.0 Å². The Kier molecular flexibility index (Phi) is 5.06. The summed E-state index contributed by atoms with van der Waals surface area (Å²) < 4.78 is 37.8. The van der Waals surface area contributed by atoms with Crippen LogP contribution in [0.5, 0.6) is 0 Å². The standard InChI is InChI=1S/C10H15F3N4S/c1-6(18-3)5-15-8-4-7(10(11,12)13)16-9(14-2)17-8/h4,6H,5H2,1-3H3,(H2,14,15,16,17). The van der Waals surface area contributed by atoms with Crippen molar-refractivity contribution in [1.29, 1.82) is 0 Å². The van der Waals surface area contributed by atoms with Crippen molar-refractivity contribution in [3.63, 3.8) is 0 Å². The van der Waals surface area contributed by atoms with Crippen LogP contribution in [0, 0.1) is 0 Å². The summed E-state index contributed by atoms with van der Waals surface area (Å²) in [6, 6.07) is 0.911. The molecule has 1 atom stereocenters. The molecule has 8 heteroatoms. The van der Waals surface area contributed by atoms with Gasteiger partial charge in [0.15, 0.2) is 5.69 Å². The number of rotatable bonds is 5. The molecule has 18 heavy (non-hydrogen) atoms. The maximum absolute atomic E-state index is 12.6. The number of hydrogen-bond acceptors (Lipinski definition) is 5. The Balaban J connectivity index is 2.91. The number of alkyl halides is 3. The second kappa shape index (κ2) is 6.12. The zero-order chi connectivity index (χ0) is 13.8. The highest BCUT2D eigenvalue weighted by Crippen LogP contribution is 2.29. The smallest absolute Gasteiger partial charge is 0.369 e. The van der Waals surface area contributed by atoms with Crippen molar-refractivity contribution in [2.75, 3.05) is 30.5 Å². The summed E-state index contributed by atoms with van der Waals surface area (Å²) in [5.41, 5.74) is -0.957. The molecule has 102 valence electrons. The molecule has 0 fully saturated rings. The van der Waals surface area contributed by atoms with E-state index in [9.17, 15) is 13.2 Å². The number of halogens is 3. The highest BCUT2D eigenvalue weighted by Gasteiger charge is 2.33. The minimum atomic E-state index is -4.48. The molecule has 0 bridgehead atoms. The fourth-order valence-electron chi connectivity index (χ4n) is 1.13. The summed E-state index contributed by atoms with van der Waals surface area (Å²) in [6.45, 7) is 2.52. The first-order chi connectivity index (χ1) is 8.36. The van der Waals surface area contributed by atoms with Crippen molar-refractivity contribution in [2.24, 2.45) is 0 Å². The van der Waals surface area contributed by atoms with E-state index in [2.05, 4.69) is 20.6 Å². The van der Waals surface area contributed by atoms with Crippen molar-refractivity contribution in [1.82, 2.24) is 9.97 Å². The highest BCUT2D eigenvalue weighted by molar-refractivity contribution is 7.99. The van der Waals surface area contributed by atoms with E-state index in [0.29, 0.717) is 6.54 Å². The van der Waals surface area contributed by atoms with Gasteiger partial charge in [-0.05, 0) is 6.26 Å². The van der Waals surface area contributed by atoms with Crippen LogP contribution < -0.4 is 10.6 Å². The van der Waals surface area contributed by atoms with E-state index in [0.717, 1.165) is 6.07 Å². The summed E-state index contributed by atoms with van der Waals surface area (Å²) in [4.78, 5) is 7.31. The fourth-order valence-corrected chi connectivity index (χ4v) is 1.38. The maximum Gasteiger partial charge on any atom is 0.433 e. The second-order valence-corrected chi connectivity index (χ2v) is 4.91. The third kappa shape index (κ3) is 4.25. The summed E-state index contributed by atoms with van der Waals surface area (Å²) in [7, 11) is 1.48. The first-order valence-corrected chi connectivity index (χ1v) is 6.56. The molecule has 1 unspecified atom stereocenters. The van der Waals surface area contributed by atoms with Crippen molar-refractivity contribution in [2.45, 2.75) is 18.3 Å². The van der Waals surface area contributed by atoms with Gasteiger partial charge in [-0.3, -0.25) is 0 Å². The topological polar surface area (TPSA) is 49.8 Å². The molecule has 0 saturated heterocycles. The molecule has 0 saturated carbocycles. The lowest BCUT2D eigenvalue weighted by atomic mass is 10.3. The summed E-state index contributed by atoms with van der Waals surface area (Å²) >= 11 is 1.62. The van der Waals surface area contributed by atoms with Gasteiger partial charge >= 0.3 is 6.18 Å². The molecule has 0 aliphatic rings. The van der Waals surface area contributed by atoms with Gasteiger partial charge in [0.1, 0.15) is 5.82 Å². The average molecular weight is 280 g/mol. The summed E-state index contributed by atoms with van der Waals surface area (Å²) in [5, 5.41) is 5.67. The number of anilines is 2. The first-order valence-electron chi connectivity index (χ1n) is 5.27. The van der Waals surface area contributed by atoms with Crippen molar-refractivity contribution in [3.8, 4) is 0 Å². The Bertz CT molecular complexity index is 397. The molecule has 0 aliphatic carbocycles. The van der Waals surface area contributed by atoms with E-state index in [1.165, 1.54) is 7.05 Å². The second-order valence-electron chi connectivity index (χ2n) is 3.64. The van der Waals surface area contributed by atoms with Crippen LogP contribution >= 0.6 is 11.8 Å². The average Bonchev–Trinajstić information content (AvgIpc) is 2.34. The van der Waals surface area contributed by atoms with Gasteiger partial charge in [0, 0.05) is 24.9 Å². The van der Waals surface area contributed by atoms with Crippen LogP contribution in [0.3, 0.4) is 0 Å². The molecular formula is C10H15F3N4S. The molecule has 0 aromatic carbocycles. The van der Waals surface area contributed by atoms with Crippen LogP contribution in [0.2, 0.25) is 0 Å². The van der Waals surface area contributed by atoms with Crippen LogP contribution in [0.1, 0.15) is 12.6 Å². The third-order valence-corrected chi connectivity index (χ3v) is 3.18. The third-order valence-electron chi connectivity index (χ3n) is 2.21. The molecule has 0 amide bonds. The summed E-state index contributed by atoms with van der Waals surface area (Å²) in [5.74, 6) is 0.117. The van der Waals surface area contributed by atoms with Crippen molar-refractivity contribution >= 4 is 23.5 Å². The lowest BCUT2D eigenvalue weighted by Crippen LogP contribution is -2.16. The van der Waals surface area contributed by atoms with Gasteiger partial charge in [-0.1, -0.05) is 6.92 Å². The zero-order valence-corrected chi connectivity index (χ0v) is 11.1. The van der Waals surface area contributed by atoms with Crippen molar-refractivity contribution in [3.05, 3.63) is 11.8 Å². The lowest BCUT2D eigenvalue weighted by Gasteiger charge is -2.13. The SMILES string of the molecule is CNc1nc(NCC(C)SC)cc(C(F)(F)F)n1. The van der Waals surface area contributed by atoms with E-state index in [4.69, 9.17) is 0 Å². The molecule has 1 heterocycles. The van der Waals surface area contributed by atoms with Gasteiger partial charge in [0.05, 0.1) is 0 Å².